The van der Waals surface area contributed by atoms with Crippen molar-refractivity contribution in [1.29, 1.82) is 0 Å². The van der Waals surface area contributed by atoms with Crippen LogP contribution in [0.4, 0.5) is 13.2 Å². The van der Waals surface area contributed by atoms with Crippen LogP contribution in [-0.2, 0) is 14.3 Å². The fraction of sp³-hybridized carbons (Fsp3) is 0.652. The Bertz CT molecular complexity index is 824. The number of amides is 1. The number of aliphatic carboxylic acids is 1. The second kappa shape index (κ2) is 9.79. The predicted octanol–water partition coefficient (Wildman–Crippen LogP) is 3.68. The van der Waals surface area contributed by atoms with Crippen molar-refractivity contribution >= 4 is 11.9 Å². The van der Waals surface area contributed by atoms with E-state index in [9.17, 15) is 18.0 Å². The Labute approximate surface area is 186 Å². The van der Waals surface area contributed by atoms with Gasteiger partial charge < -0.3 is 14.7 Å². The van der Waals surface area contributed by atoms with Gasteiger partial charge in [-0.1, -0.05) is 24.3 Å². The minimum atomic E-state index is -5.08. The van der Waals surface area contributed by atoms with Gasteiger partial charge in [0.05, 0.1) is 0 Å². The largest absolute Gasteiger partial charge is 0.490 e. The number of carboxylic acid groups (broad SMARTS) is 1. The zero-order valence-corrected chi connectivity index (χ0v) is 18.6. The first kappa shape index (κ1) is 24.5. The molecule has 1 aromatic rings. The Morgan fingerprint density at radius 3 is 2.22 bits per heavy atom. The van der Waals surface area contributed by atoms with Crippen molar-refractivity contribution < 1.29 is 32.6 Å². The Morgan fingerprint density at radius 2 is 1.69 bits per heavy atom. The second-order valence-corrected chi connectivity index (χ2v) is 9.04. The second-order valence-electron chi connectivity index (χ2n) is 9.04. The molecule has 0 radical (unpaired) electrons. The van der Waals surface area contributed by atoms with Gasteiger partial charge in [0.1, 0.15) is 0 Å². The van der Waals surface area contributed by atoms with Gasteiger partial charge >= 0.3 is 12.1 Å². The number of benzene rings is 1. The SMILES string of the molecule is CC(C)N(C)[C@H]1c2ccccc2[C@@H]2CN(C(=O)C3CCOCC3)C[C@@H]21.O=C(O)C(F)(F)F. The Balaban J connectivity index is 0.000000360. The zero-order chi connectivity index (χ0) is 23.6. The third-order valence-corrected chi connectivity index (χ3v) is 6.86. The Hall–Kier alpha value is -2.13. The van der Waals surface area contributed by atoms with Gasteiger partial charge in [0.15, 0.2) is 0 Å². The van der Waals surface area contributed by atoms with Gasteiger partial charge in [-0.05, 0) is 44.9 Å². The quantitative estimate of drug-likeness (QED) is 0.752. The normalized spacial score (nSPS) is 25.4. The third-order valence-electron chi connectivity index (χ3n) is 6.86. The first-order chi connectivity index (χ1) is 15.0. The van der Waals surface area contributed by atoms with Crippen LogP contribution in [0.5, 0.6) is 0 Å². The van der Waals surface area contributed by atoms with Crippen LogP contribution >= 0.6 is 0 Å². The number of fused-ring (bicyclic) bond motifs is 3. The van der Waals surface area contributed by atoms with Crippen molar-refractivity contribution in [3.05, 3.63) is 35.4 Å². The number of nitrogens with zero attached hydrogens (tertiary/aromatic N) is 2. The Morgan fingerprint density at radius 1 is 1.12 bits per heavy atom. The summed E-state index contributed by atoms with van der Waals surface area (Å²) in [6.07, 6.45) is -3.31. The van der Waals surface area contributed by atoms with E-state index in [-0.39, 0.29) is 5.92 Å². The molecule has 9 heteroatoms. The first-order valence-electron chi connectivity index (χ1n) is 11.0. The fourth-order valence-corrected chi connectivity index (χ4v) is 5.05. The maximum absolute atomic E-state index is 13.0. The molecule has 1 aliphatic carbocycles. The maximum Gasteiger partial charge on any atom is 0.490 e. The molecule has 0 spiro atoms. The summed E-state index contributed by atoms with van der Waals surface area (Å²) in [5, 5.41) is 7.12. The van der Waals surface area contributed by atoms with Crippen LogP contribution in [-0.4, -0.2) is 72.4 Å². The van der Waals surface area contributed by atoms with E-state index in [2.05, 4.69) is 55.0 Å². The lowest BCUT2D eigenvalue weighted by Crippen LogP contribution is -2.39. The van der Waals surface area contributed by atoms with Crippen LogP contribution < -0.4 is 0 Å². The summed E-state index contributed by atoms with van der Waals surface area (Å²) in [5.41, 5.74) is 2.94. The molecule has 0 saturated carbocycles. The summed E-state index contributed by atoms with van der Waals surface area (Å²) in [6.45, 7) is 7.78. The summed E-state index contributed by atoms with van der Waals surface area (Å²) in [4.78, 5) is 26.6. The Kier molecular flexibility index (Phi) is 7.50. The monoisotopic (exact) mass is 456 g/mol. The average Bonchev–Trinajstić information content (AvgIpc) is 3.30. The highest BCUT2D eigenvalue weighted by atomic mass is 19.4. The van der Waals surface area contributed by atoms with E-state index in [4.69, 9.17) is 14.6 Å². The van der Waals surface area contributed by atoms with Crippen LogP contribution in [0.2, 0.25) is 0 Å². The van der Waals surface area contributed by atoms with Crippen molar-refractivity contribution in [2.45, 2.75) is 50.9 Å². The summed E-state index contributed by atoms with van der Waals surface area (Å²) in [6, 6.07) is 9.80. The number of likely N-dealkylation sites (tertiary alicyclic amines) is 1. The molecule has 178 valence electrons. The van der Waals surface area contributed by atoms with E-state index < -0.39 is 12.1 Å². The van der Waals surface area contributed by atoms with Gasteiger partial charge in [-0.15, -0.1) is 0 Å². The van der Waals surface area contributed by atoms with E-state index in [0.717, 1.165) is 39.1 Å². The highest BCUT2D eigenvalue weighted by Gasteiger charge is 2.49. The van der Waals surface area contributed by atoms with Gasteiger partial charge in [-0.25, -0.2) is 4.79 Å². The number of hydrogen-bond donors (Lipinski definition) is 1. The molecule has 32 heavy (non-hydrogen) atoms. The number of carbonyl (C=O) groups excluding carboxylic acids is 1. The third kappa shape index (κ3) is 5.09. The zero-order valence-electron chi connectivity index (χ0n) is 18.6. The standard InChI is InChI=1S/C21H30N2O2.C2HF3O2/c1-14(2)22(3)20-17-7-5-4-6-16(17)18-12-23(13-19(18)20)21(24)15-8-10-25-11-9-15;3-2(4,5)1(6)7/h4-7,14-15,18-20H,8-13H2,1-3H3;(H,6,7)/t18-,19-,20-;/m0./s1. The molecule has 2 heterocycles. The van der Waals surface area contributed by atoms with Gasteiger partial charge in [0, 0.05) is 56.1 Å². The molecule has 3 atom stereocenters. The van der Waals surface area contributed by atoms with Crippen LogP contribution in [0, 0.1) is 11.8 Å². The summed E-state index contributed by atoms with van der Waals surface area (Å²) < 4.78 is 37.2. The predicted molar refractivity (Wildman–Crippen MR) is 112 cm³/mol. The number of halogens is 3. The van der Waals surface area contributed by atoms with Gasteiger partial charge in [-0.3, -0.25) is 9.69 Å². The molecular formula is C23H31F3N2O4. The average molecular weight is 457 g/mol. The van der Waals surface area contributed by atoms with Gasteiger partial charge in [-0.2, -0.15) is 13.2 Å². The topological polar surface area (TPSA) is 70.1 Å². The maximum atomic E-state index is 13.0. The number of ether oxygens (including phenoxy) is 1. The lowest BCUT2D eigenvalue weighted by Gasteiger charge is -2.34. The van der Waals surface area contributed by atoms with Gasteiger partial charge in [0.25, 0.3) is 0 Å². The minimum Gasteiger partial charge on any atom is -0.475 e. The first-order valence-corrected chi connectivity index (χ1v) is 11.0. The lowest BCUT2D eigenvalue weighted by molar-refractivity contribution is -0.192. The minimum absolute atomic E-state index is 0.170. The van der Waals surface area contributed by atoms with E-state index in [1.54, 1.807) is 0 Å². The van der Waals surface area contributed by atoms with Crippen LogP contribution in [0.25, 0.3) is 0 Å². The number of rotatable bonds is 3. The summed E-state index contributed by atoms with van der Waals surface area (Å²) in [7, 11) is 2.23. The summed E-state index contributed by atoms with van der Waals surface area (Å²) >= 11 is 0. The summed E-state index contributed by atoms with van der Waals surface area (Å²) in [5.74, 6) is -1.21. The smallest absolute Gasteiger partial charge is 0.475 e. The molecule has 1 N–H and O–H groups in total. The molecule has 0 aromatic heterocycles. The number of alkyl halides is 3. The van der Waals surface area contributed by atoms with Crippen LogP contribution in [0.15, 0.2) is 24.3 Å². The van der Waals surface area contributed by atoms with Crippen molar-refractivity contribution in [1.82, 2.24) is 9.80 Å². The van der Waals surface area contributed by atoms with Crippen molar-refractivity contribution in [2.24, 2.45) is 11.8 Å². The van der Waals surface area contributed by atoms with Gasteiger partial charge in [0.2, 0.25) is 5.91 Å². The fourth-order valence-electron chi connectivity index (χ4n) is 5.05. The highest BCUT2D eigenvalue weighted by molar-refractivity contribution is 5.79. The molecule has 6 nitrogen and oxygen atoms in total. The molecule has 0 bridgehead atoms. The lowest BCUT2D eigenvalue weighted by atomic mass is 9.93. The molecule has 2 fully saturated rings. The molecule has 4 rings (SSSR count). The van der Waals surface area contributed by atoms with E-state index >= 15 is 0 Å². The molecular weight excluding hydrogens is 425 g/mol. The van der Waals surface area contributed by atoms with Crippen molar-refractivity contribution in [2.75, 3.05) is 33.4 Å². The van der Waals surface area contributed by atoms with Crippen LogP contribution in [0.1, 0.15) is 49.8 Å². The van der Waals surface area contributed by atoms with E-state index in [0.29, 0.717) is 29.8 Å². The highest BCUT2D eigenvalue weighted by Crippen LogP contribution is 2.52. The molecule has 2 aliphatic heterocycles. The number of hydrogen-bond acceptors (Lipinski definition) is 4. The van der Waals surface area contributed by atoms with Crippen LogP contribution in [0.3, 0.4) is 0 Å². The molecule has 2 saturated heterocycles. The van der Waals surface area contributed by atoms with Crippen molar-refractivity contribution in [3.8, 4) is 0 Å². The van der Waals surface area contributed by atoms with Crippen molar-refractivity contribution in [3.63, 3.8) is 0 Å². The molecule has 3 aliphatic rings. The molecule has 1 amide bonds. The molecule has 1 aromatic carbocycles. The number of carboxylic acids is 1. The van der Waals surface area contributed by atoms with E-state index in [1.807, 2.05) is 0 Å². The number of carbonyl (C=O) groups is 2. The molecule has 0 unspecified atom stereocenters. The van der Waals surface area contributed by atoms with E-state index in [1.165, 1.54) is 11.1 Å².